The van der Waals surface area contributed by atoms with Crippen LogP contribution in [0.15, 0.2) is 22.1 Å². The van der Waals surface area contributed by atoms with Gasteiger partial charge in [-0.05, 0) is 138 Å². The van der Waals surface area contributed by atoms with E-state index in [0.717, 1.165) is 17.4 Å². The normalized spacial score (nSPS) is 20.4. The van der Waals surface area contributed by atoms with Crippen molar-refractivity contribution in [3.63, 3.8) is 0 Å². The molecule has 2 nitrogen and oxygen atoms in total. The molecule has 0 amide bonds. The Morgan fingerprint density at radius 3 is 1.28 bits per heavy atom. The molecule has 0 atom stereocenters. The van der Waals surface area contributed by atoms with Gasteiger partial charge in [-0.2, -0.15) is 10.5 Å². The molecule has 0 aliphatic heterocycles. The Balaban J connectivity index is 0.000000657. The van der Waals surface area contributed by atoms with E-state index in [2.05, 4.69) is 0 Å². The van der Waals surface area contributed by atoms with E-state index >= 15 is 0 Å². The topological polar surface area (TPSA) is 47.6 Å². The van der Waals surface area contributed by atoms with Gasteiger partial charge in [0, 0.05) is 11.8 Å². The molecule has 0 N–H and O–H groups in total. The summed E-state index contributed by atoms with van der Waals surface area (Å²) in [6.45, 7) is 0. The molecule has 4 rings (SSSR count). The Labute approximate surface area is 223 Å². The van der Waals surface area contributed by atoms with Crippen LogP contribution in [0.1, 0.15) is 0 Å². The van der Waals surface area contributed by atoms with E-state index in [1.807, 2.05) is 139 Å². The minimum atomic E-state index is 0. The van der Waals surface area contributed by atoms with Crippen LogP contribution in [0.5, 0.6) is 0 Å². The van der Waals surface area contributed by atoms with Gasteiger partial charge < -0.3 is 0 Å². The Kier molecular flexibility index (Phi) is 20.1. The molecule has 4 aliphatic rings. The first kappa shape index (κ1) is 31.8. The second-order valence-corrected chi connectivity index (χ2v) is 6.72. The maximum Gasteiger partial charge on any atom is 2.00 e. The summed E-state index contributed by atoms with van der Waals surface area (Å²) in [4.78, 5) is 0. The smallest absolute Gasteiger partial charge is 0.192 e. The molecule has 5 heteroatoms. The van der Waals surface area contributed by atoms with E-state index in [4.69, 9.17) is 0 Å². The molecule has 20 radical (unpaired) electrons. The van der Waals surface area contributed by atoms with Crippen LogP contribution in [0.3, 0.4) is 0 Å². The number of thioether (sulfide) groups is 1. The molecule has 0 bridgehead atoms. The van der Waals surface area contributed by atoms with Crippen molar-refractivity contribution < 1.29 is 34.1 Å². The summed E-state index contributed by atoms with van der Waals surface area (Å²) >= 11 is 1.56. The molecule has 4 saturated carbocycles. The Morgan fingerprint density at radius 2 is 0.969 bits per heavy atom. The monoisotopic (exact) mass is 518 g/mol. The fourth-order valence-corrected chi connectivity index (χ4v) is 3.19. The van der Waals surface area contributed by atoms with Crippen molar-refractivity contribution >= 4 is 11.8 Å². The van der Waals surface area contributed by atoms with Gasteiger partial charge in [0.15, 0.2) is 0 Å². The zero-order valence-electron chi connectivity index (χ0n) is 17.5. The van der Waals surface area contributed by atoms with Crippen LogP contribution in [0, 0.1) is 150 Å². The summed E-state index contributed by atoms with van der Waals surface area (Å²) in [5.41, 5.74) is 1.74. The quantitative estimate of drug-likeness (QED) is 0.284. The summed E-state index contributed by atoms with van der Waals surface area (Å²) in [6, 6.07) is 4.02. The number of rotatable bonds is 4. The van der Waals surface area contributed by atoms with E-state index in [0.29, 0.717) is 5.57 Å². The number of nitriles is 2. The third-order valence-corrected chi connectivity index (χ3v) is 4.49. The molecule has 0 aromatic heterocycles. The predicted octanol–water partition coefficient (Wildman–Crippen LogP) is 5.43. The van der Waals surface area contributed by atoms with Crippen LogP contribution in [0.4, 0.5) is 0 Å². The Morgan fingerprint density at radius 1 is 0.625 bits per heavy atom. The maximum atomic E-state index is 9.25. The number of hydrogen-bond acceptors (Lipinski definition) is 3. The molecule has 0 heterocycles. The van der Waals surface area contributed by atoms with Gasteiger partial charge in [0.25, 0.3) is 0 Å². The molecule has 0 aromatic rings. The first-order valence-electron chi connectivity index (χ1n) is 9.37. The van der Waals surface area contributed by atoms with Crippen LogP contribution >= 0.6 is 11.8 Å². The van der Waals surface area contributed by atoms with Crippen LogP contribution < -0.4 is 0 Å². The standard InChI is InChI=1S/C17H12N2S.2C5H5.2Fe/c1-20-12-16(13-6-2-3-7-13)17(15(10-18)11-19)14-8-4-5-9-14;2*1-2-4-5-3-1;;/h2-9,12H,1H3;2*1-5H;;/q;;;2*+2/b16-12+;;;;. The first-order chi connectivity index (χ1) is 14.8. The van der Waals surface area contributed by atoms with Crippen molar-refractivity contribution in [2.45, 2.75) is 0 Å². The molecule has 32 heavy (non-hydrogen) atoms. The molecule has 0 spiro atoms. The third kappa shape index (κ3) is 11.3. The molecule has 158 valence electrons. The van der Waals surface area contributed by atoms with Crippen LogP contribution in [-0.4, -0.2) is 6.26 Å². The van der Waals surface area contributed by atoms with Gasteiger partial charge in [-0.25, -0.2) is 0 Å². The maximum absolute atomic E-state index is 9.25. The predicted molar refractivity (Wildman–Crippen MR) is 124 cm³/mol. The average Bonchev–Trinajstić information content (AvgIpc) is 3.60. The van der Waals surface area contributed by atoms with Crippen molar-refractivity contribution in [3.05, 3.63) is 150 Å². The average molecular weight is 518 g/mol. The van der Waals surface area contributed by atoms with Gasteiger partial charge in [0.05, 0.1) is 0 Å². The molecule has 4 fully saturated rings. The summed E-state index contributed by atoms with van der Waals surface area (Å²) in [5, 5.41) is 20.5. The summed E-state index contributed by atoms with van der Waals surface area (Å²) in [5.74, 6) is 1.91. The van der Waals surface area contributed by atoms with Crippen LogP contribution in [0.2, 0.25) is 0 Å². The van der Waals surface area contributed by atoms with E-state index < -0.39 is 0 Å². The van der Waals surface area contributed by atoms with Gasteiger partial charge in [-0.15, -0.1) is 11.8 Å². The SMILES string of the molecule is CS/C=C(\[C]1[CH][CH][CH][CH]1)C([C]1[CH][CH][CH][CH]1)=C(C#N)C#N.[CH]1[CH][CH][CH][CH]1.[CH]1[CH][CH][CH][CH]1.[Fe+2].[Fe+2]. The van der Waals surface area contributed by atoms with Gasteiger partial charge in [0.2, 0.25) is 0 Å². The third-order valence-electron chi connectivity index (χ3n) is 4.01. The van der Waals surface area contributed by atoms with Gasteiger partial charge in [-0.1, -0.05) is 0 Å². The van der Waals surface area contributed by atoms with E-state index in [1.54, 1.807) is 11.8 Å². The summed E-state index contributed by atoms with van der Waals surface area (Å²) < 4.78 is 0. The van der Waals surface area contributed by atoms with Crippen LogP contribution in [0.25, 0.3) is 0 Å². The second-order valence-electron chi connectivity index (χ2n) is 6.01. The Bertz CT molecular complexity index is 584. The fraction of sp³-hybridized carbons (Fsp3) is 0.0370. The summed E-state index contributed by atoms with van der Waals surface area (Å²) in [6.07, 6.45) is 37.5. The molecule has 0 saturated heterocycles. The van der Waals surface area contributed by atoms with E-state index in [1.165, 1.54) is 0 Å². The van der Waals surface area contributed by atoms with Crippen molar-refractivity contribution in [3.8, 4) is 12.1 Å². The molecular weight excluding hydrogens is 496 g/mol. The summed E-state index contributed by atoms with van der Waals surface area (Å²) in [7, 11) is 0. The fourth-order valence-electron chi connectivity index (χ4n) is 2.70. The Hall–Kier alpha value is -0.151. The van der Waals surface area contributed by atoms with Crippen molar-refractivity contribution in [1.82, 2.24) is 0 Å². The largest absolute Gasteiger partial charge is 2.00 e. The second kappa shape index (κ2) is 20.2. The van der Waals surface area contributed by atoms with Crippen LogP contribution in [-0.2, 0) is 34.1 Å². The minimum Gasteiger partial charge on any atom is -0.192 e. The molecule has 0 unspecified atom stereocenters. The zero-order chi connectivity index (χ0) is 21.4. The molecule has 4 aliphatic carbocycles. The van der Waals surface area contributed by atoms with Crippen molar-refractivity contribution in [2.24, 2.45) is 0 Å². The van der Waals surface area contributed by atoms with E-state index in [9.17, 15) is 10.5 Å². The minimum absolute atomic E-state index is 0. The number of nitrogens with zero attached hydrogens (tertiary/aromatic N) is 2. The van der Waals surface area contributed by atoms with E-state index in [-0.39, 0.29) is 39.7 Å². The molecule has 0 aromatic carbocycles. The zero-order valence-corrected chi connectivity index (χ0v) is 20.5. The van der Waals surface area contributed by atoms with Gasteiger partial charge in [-0.3, -0.25) is 0 Å². The first-order valence-corrected chi connectivity index (χ1v) is 10.7. The van der Waals surface area contributed by atoms with Crippen molar-refractivity contribution in [1.29, 1.82) is 10.5 Å². The van der Waals surface area contributed by atoms with Gasteiger partial charge >= 0.3 is 34.1 Å². The van der Waals surface area contributed by atoms with Gasteiger partial charge in [0.1, 0.15) is 17.7 Å². The number of allylic oxidation sites excluding steroid dienone is 3. The molecular formula is C27H22Fe2N2S+4. The van der Waals surface area contributed by atoms with Crippen molar-refractivity contribution in [2.75, 3.05) is 6.26 Å². The number of hydrogen-bond donors (Lipinski definition) is 0.